The molecule has 0 N–H and O–H groups in total. The lowest BCUT2D eigenvalue weighted by Crippen LogP contribution is -2.39. The topological polar surface area (TPSA) is 58.8 Å². The average molecular weight is 438 g/mol. The molecule has 0 bridgehead atoms. The van der Waals surface area contributed by atoms with Crippen LogP contribution in [0.25, 0.3) is 11.3 Å². The Morgan fingerprint density at radius 3 is 2.59 bits per heavy atom. The van der Waals surface area contributed by atoms with Crippen LogP contribution in [-0.2, 0) is 11.3 Å². The van der Waals surface area contributed by atoms with E-state index >= 15 is 0 Å². The molecule has 1 aromatic heterocycles. The highest BCUT2D eigenvalue weighted by Gasteiger charge is 2.29. The van der Waals surface area contributed by atoms with E-state index < -0.39 is 5.82 Å². The second kappa shape index (κ2) is 9.96. The molecule has 168 valence electrons. The van der Waals surface area contributed by atoms with Crippen LogP contribution in [0.3, 0.4) is 0 Å². The third-order valence-corrected chi connectivity index (χ3v) is 5.90. The third kappa shape index (κ3) is 4.67. The minimum Gasteiger partial charge on any atom is -0.378 e. The Morgan fingerprint density at radius 2 is 1.91 bits per heavy atom. The van der Waals surface area contributed by atoms with Crippen molar-refractivity contribution in [3.8, 4) is 11.3 Å². The molecular formula is C25H28FN3O3. The SMILES string of the molecule is CC[C@@H](C)N(Cc1c(-c2ccccc2)noc1N1CCOCC1)C(=O)c1cccc(F)c1. The molecule has 1 saturated heterocycles. The van der Waals surface area contributed by atoms with Crippen LogP contribution < -0.4 is 4.90 Å². The number of morpholine rings is 1. The zero-order chi connectivity index (χ0) is 22.5. The molecule has 4 rings (SSSR count). The van der Waals surface area contributed by atoms with Crippen molar-refractivity contribution in [2.45, 2.75) is 32.9 Å². The van der Waals surface area contributed by atoms with E-state index in [0.717, 1.165) is 17.5 Å². The van der Waals surface area contributed by atoms with E-state index in [1.807, 2.05) is 44.2 Å². The number of carbonyl (C=O) groups excluding carboxylic acids is 1. The fraction of sp³-hybridized carbons (Fsp3) is 0.360. The fourth-order valence-corrected chi connectivity index (χ4v) is 3.89. The normalized spacial score (nSPS) is 14.9. The summed E-state index contributed by atoms with van der Waals surface area (Å²) in [4.78, 5) is 17.3. The Kier molecular flexibility index (Phi) is 6.85. The largest absolute Gasteiger partial charge is 0.378 e. The van der Waals surface area contributed by atoms with E-state index in [4.69, 9.17) is 9.26 Å². The average Bonchev–Trinajstić information content (AvgIpc) is 3.26. The zero-order valence-corrected chi connectivity index (χ0v) is 18.5. The van der Waals surface area contributed by atoms with Gasteiger partial charge in [0.15, 0.2) is 0 Å². The summed E-state index contributed by atoms with van der Waals surface area (Å²) in [5.41, 5.74) is 2.82. The van der Waals surface area contributed by atoms with Crippen LogP contribution in [0.15, 0.2) is 59.1 Å². The third-order valence-electron chi connectivity index (χ3n) is 5.90. The van der Waals surface area contributed by atoms with E-state index in [9.17, 15) is 9.18 Å². The number of ether oxygens (including phenoxy) is 1. The number of hydrogen-bond donors (Lipinski definition) is 0. The molecule has 2 aromatic carbocycles. The lowest BCUT2D eigenvalue weighted by Gasteiger charge is -2.31. The molecule has 7 heteroatoms. The molecule has 0 spiro atoms. The van der Waals surface area contributed by atoms with Crippen LogP contribution in [0.2, 0.25) is 0 Å². The molecule has 1 aliphatic heterocycles. The number of nitrogens with zero attached hydrogens (tertiary/aromatic N) is 3. The molecule has 0 radical (unpaired) electrons. The maximum absolute atomic E-state index is 13.8. The Bertz CT molecular complexity index is 1050. The summed E-state index contributed by atoms with van der Waals surface area (Å²) in [6, 6.07) is 15.6. The molecule has 2 heterocycles. The lowest BCUT2D eigenvalue weighted by molar-refractivity contribution is 0.0671. The van der Waals surface area contributed by atoms with E-state index in [0.29, 0.717) is 50.0 Å². The van der Waals surface area contributed by atoms with Gasteiger partial charge in [0.05, 0.1) is 25.3 Å². The maximum atomic E-state index is 13.8. The fourth-order valence-electron chi connectivity index (χ4n) is 3.89. The summed E-state index contributed by atoms with van der Waals surface area (Å²) >= 11 is 0. The van der Waals surface area contributed by atoms with Crippen molar-refractivity contribution >= 4 is 11.8 Å². The lowest BCUT2D eigenvalue weighted by atomic mass is 10.0. The minimum absolute atomic E-state index is 0.0539. The predicted octanol–water partition coefficient (Wildman–Crippen LogP) is 4.76. The summed E-state index contributed by atoms with van der Waals surface area (Å²) in [5.74, 6) is 0.0170. The molecule has 1 amide bonds. The van der Waals surface area contributed by atoms with Crippen LogP contribution in [0.5, 0.6) is 0 Å². The smallest absolute Gasteiger partial charge is 0.254 e. The first-order valence-corrected chi connectivity index (χ1v) is 11.0. The van der Waals surface area contributed by atoms with E-state index in [-0.39, 0.29) is 11.9 Å². The Morgan fingerprint density at radius 1 is 1.16 bits per heavy atom. The highest BCUT2D eigenvalue weighted by Crippen LogP contribution is 2.34. The molecule has 0 saturated carbocycles. The first kappa shape index (κ1) is 22.0. The minimum atomic E-state index is -0.427. The summed E-state index contributed by atoms with van der Waals surface area (Å²) < 4.78 is 25.2. The number of amides is 1. The van der Waals surface area contributed by atoms with Crippen molar-refractivity contribution < 1.29 is 18.4 Å². The number of benzene rings is 2. The molecule has 1 atom stereocenters. The molecule has 0 aliphatic carbocycles. The first-order chi connectivity index (χ1) is 15.6. The number of anilines is 1. The molecule has 32 heavy (non-hydrogen) atoms. The van der Waals surface area contributed by atoms with Crippen molar-refractivity contribution in [3.63, 3.8) is 0 Å². The van der Waals surface area contributed by atoms with Gasteiger partial charge >= 0.3 is 0 Å². The van der Waals surface area contributed by atoms with Gasteiger partial charge in [-0.1, -0.05) is 48.5 Å². The van der Waals surface area contributed by atoms with Gasteiger partial charge in [0, 0.05) is 30.3 Å². The Balaban J connectivity index is 1.75. The quantitative estimate of drug-likeness (QED) is 0.534. The Hall–Kier alpha value is -3.19. The zero-order valence-electron chi connectivity index (χ0n) is 18.5. The second-order valence-corrected chi connectivity index (χ2v) is 7.98. The summed E-state index contributed by atoms with van der Waals surface area (Å²) in [7, 11) is 0. The van der Waals surface area contributed by atoms with Gasteiger partial charge in [-0.05, 0) is 31.5 Å². The number of hydrogen-bond acceptors (Lipinski definition) is 5. The van der Waals surface area contributed by atoms with E-state index in [1.54, 1.807) is 17.0 Å². The van der Waals surface area contributed by atoms with Gasteiger partial charge < -0.3 is 19.1 Å². The number of carbonyl (C=O) groups is 1. The first-order valence-electron chi connectivity index (χ1n) is 11.0. The molecule has 3 aromatic rings. The van der Waals surface area contributed by atoms with Gasteiger partial charge in [-0.3, -0.25) is 4.79 Å². The molecule has 1 aliphatic rings. The van der Waals surface area contributed by atoms with Gasteiger partial charge in [0.1, 0.15) is 11.5 Å². The summed E-state index contributed by atoms with van der Waals surface area (Å²) in [6.07, 6.45) is 0.764. The Labute approximate surface area is 187 Å². The highest BCUT2D eigenvalue weighted by atomic mass is 19.1. The number of aromatic nitrogens is 1. The maximum Gasteiger partial charge on any atom is 0.254 e. The summed E-state index contributed by atoms with van der Waals surface area (Å²) in [5, 5.41) is 4.39. The van der Waals surface area contributed by atoms with E-state index in [2.05, 4.69) is 10.1 Å². The highest BCUT2D eigenvalue weighted by molar-refractivity contribution is 5.94. The molecule has 6 nitrogen and oxygen atoms in total. The standard InChI is InChI=1S/C25H28FN3O3/c1-3-18(2)29(24(30)20-10-7-11-21(26)16-20)17-22-23(19-8-5-4-6-9-19)27-32-25(22)28-12-14-31-15-13-28/h4-11,16,18H,3,12-15,17H2,1-2H3/t18-/m1/s1. The second-order valence-electron chi connectivity index (χ2n) is 7.98. The van der Waals surface area contributed by atoms with Gasteiger partial charge in [0.2, 0.25) is 5.88 Å². The predicted molar refractivity (Wildman–Crippen MR) is 121 cm³/mol. The molecule has 1 fully saturated rings. The van der Waals surface area contributed by atoms with Gasteiger partial charge in [-0.2, -0.15) is 0 Å². The molecular weight excluding hydrogens is 409 g/mol. The van der Waals surface area contributed by atoms with Crippen molar-refractivity contribution in [3.05, 3.63) is 71.5 Å². The number of halogens is 1. The van der Waals surface area contributed by atoms with Gasteiger partial charge in [0.25, 0.3) is 5.91 Å². The van der Waals surface area contributed by atoms with Crippen LogP contribution >= 0.6 is 0 Å². The van der Waals surface area contributed by atoms with Crippen LogP contribution in [0.4, 0.5) is 10.3 Å². The monoisotopic (exact) mass is 437 g/mol. The molecule has 0 unspecified atom stereocenters. The van der Waals surface area contributed by atoms with Gasteiger partial charge in [-0.15, -0.1) is 0 Å². The van der Waals surface area contributed by atoms with Crippen molar-refractivity contribution in [1.29, 1.82) is 0 Å². The van der Waals surface area contributed by atoms with Crippen LogP contribution in [0, 0.1) is 5.82 Å². The van der Waals surface area contributed by atoms with Crippen LogP contribution in [-0.4, -0.2) is 48.3 Å². The number of rotatable bonds is 7. The van der Waals surface area contributed by atoms with Gasteiger partial charge in [-0.25, -0.2) is 4.39 Å². The van der Waals surface area contributed by atoms with E-state index in [1.165, 1.54) is 12.1 Å². The summed E-state index contributed by atoms with van der Waals surface area (Å²) in [6.45, 7) is 6.95. The van der Waals surface area contributed by atoms with Crippen molar-refractivity contribution in [2.24, 2.45) is 0 Å². The van der Waals surface area contributed by atoms with Crippen molar-refractivity contribution in [1.82, 2.24) is 10.1 Å². The van der Waals surface area contributed by atoms with Crippen LogP contribution in [0.1, 0.15) is 36.2 Å². The van der Waals surface area contributed by atoms with Crippen molar-refractivity contribution in [2.75, 3.05) is 31.2 Å².